The Morgan fingerprint density at radius 2 is 1.62 bits per heavy atom. The van der Waals surface area contributed by atoms with Crippen molar-refractivity contribution in [1.29, 1.82) is 0 Å². The van der Waals surface area contributed by atoms with Gasteiger partial charge in [0.2, 0.25) is 0 Å². The van der Waals surface area contributed by atoms with Crippen LogP contribution in [-0.4, -0.2) is 36.9 Å². The van der Waals surface area contributed by atoms with E-state index in [9.17, 15) is 4.79 Å². The average Bonchev–Trinajstić information content (AvgIpc) is 2.63. The van der Waals surface area contributed by atoms with Crippen LogP contribution in [0.4, 0.5) is 0 Å². The van der Waals surface area contributed by atoms with E-state index < -0.39 is 0 Å². The van der Waals surface area contributed by atoms with Crippen molar-refractivity contribution in [2.75, 3.05) is 26.2 Å². The molecule has 0 aromatic heterocycles. The van der Waals surface area contributed by atoms with Crippen molar-refractivity contribution in [3.8, 4) is 0 Å². The topological polar surface area (TPSA) is 29.5 Å². The number of carbonyl (C=O) groups excluding carboxylic acids is 1. The van der Waals surface area contributed by atoms with E-state index in [2.05, 4.69) is 29.2 Å². The van der Waals surface area contributed by atoms with Gasteiger partial charge >= 0.3 is 0 Å². The van der Waals surface area contributed by atoms with Crippen molar-refractivity contribution in [3.05, 3.63) is 71.8 Å². The molecule has 0 unspecified atom stereocenters. The van der Waals surface area contributed by atoms with E-state index in [1.807, 2.05) is 43.3 Å². The van der Waals surface area contributed by atoms with Crippen LogP contribution in [0.25, 0.3) is 0 Å². The first-order chi connectivity index (χ1) is 11.7. The van der Waals surface area contributed by atoms with E-state index in [4.69, 9.17) is 4.74 Å². The highest BCUT2D eigenvalue weighted by Gasteiger charge is 2.23. The van der Waals surface area contributed by atoms with Crippen LogP contribution in [0.2, 0.25) is 0 Å². The standard InChI is InChI=1S/C21H25NO2/c1-17-16-22(13-12-20(17)23)14-15-24-21(18-8-4-2-5-9-18)19-10-6-3-7-11-19/h2-11,17,21H,12-16H2,1H3/t17-/m1/s1. The fourth-order valence-electron chi connectivity index (χ4n) is 3.24. The van der Waals surface area contributed by atoms with Gasteiger partial charge in [-0.25, -0.2) is 0 Å². The number of likely N-dealkylation sites (tertiary alicyclic amines) is 1. The van der Waals surface area contributed by atoms with Crippen molar-refractivity contribution < 1.29 is 9.53 Å². The highest BCUT2D eigenvalue weighted by molar-refractivity contribution is 5.81. The number of hydrogen-bond acceptors (Lipinski definition) is 3. The summed E-state index contributed by atoms with van der Waals surface area (Å²) in [6.07, 6.45) is 0.623. The third-order valence-electron chi connectivity index (χ3n) is 4.65. The number of ether oxygens (including phenoxy) is 1. The number of nitrogens with zero attached hydrogens (tertiary/aromatic N) is 1. The van der Waals surface area contributed by atoms with Crippen LogP contribution in [0.3, 0.4) is 0 Å². The Morgan fingerprint density at radius 3 is 2.17 bits per heavy atom. The summed E-state index contributed by atoms with van der Waals surface area (Å²) in [5.74, 6) is 0.538. The molecule has 1 fully saturated rings. The summed E-state index contributed by atoms with van der Waals surface area (Å²) < 4.78 is 6.25. The number of carbonyl (C=O) groups is 1. The van der Waals surface area contributed by atoms with E-state index in [-0.39, 0.29) is 12.0 Å². The van der Waals surface area contributed by atoms with Crippen molar-refractivity contribution in [2.45, 2.75) is 19.4 Å². The molecule has 3 nitrogen and oxygen atoms in total. The summed E-state index contributed by atoms with van der Waals surface area (Å²) in [6, 6.07) is 20.7. The van der Waals surface area contributed by atoms with Crippen LogP contribution in [0, 0.1) is 5.92 Å². The SMILES string of the molecule is C[C@@H]1CN(CCOC(c2ccccc2)c2ccccc2)CCC1=O. The van der Waals surface area contributed by atoms with Crippen molar-refractivity contribution >= 4 is 5.78 Å². The summed E-state index contributed by atoms with van der Waals surface area (Å²) >= 11 is 0. The number of Topliss-reactive ketones (excluding diaryl/α,β-unsaturated/α-hetero) is 1. The third-order valence-corrected chi connectivity index (χ3v) is 4.65. The number of ketones is 1. The Hall–Kier alpha value is -1.97. The van der Waals surface area contributed by atoms with Crippen molar-refractivity contribution in [1.82, 2.24) is 4.90 Å². The van der Waals surface area contributed by atoms with Crippen LogP contribution in [0.15, 0.2) is 60.7 Å². The second kappa shape index (κ2) is 8.22. The van der Waals surface area contributed by atoms with Gasteiger partial charge in [-0.05, 0) is 11.1 Å². The van der Waals surface area contributed by atoms with Gasteiger partial charge in [-0.1, -0.05) is 67.6 Å². The molecule has 24 heavy (non-hydrogen) atoms. The molecule has 1 saturated heterocycles. The molecule has 1 atom stereocenters. The second-order valence-corrected chi connectivity index (χ2v) is 6.49. The zero-order chi connectivity index (χ0) is 16.8. The molecular weight excluding hydrogens is 298 g/mol. The summed E-state index contributed by atoms with van der Waals surface area (Å²) in [7, 11) is 0. The van der Waals surface area contributed by atoms with Gasteiger partial charge in [-0.2, -0.15) is 0 Å². The molecule has 1 aliphatic rings. The Bertz CT molecular complexity index is 602. The van der Waals surface area contributed by atoms with Gasteiger partial charge in [0, 0.05) is 32.0 Å². The fraction of sp³-hybridized carbons (Fsp3) is 0.381. The lowest BCUT2D eigenvalue weighted by atomic mass is 9.99. The predicted octanol–water partition coefficient (Wildman–Crippen LogP) is 3.70. The molecule has 3 heteroatoms. The Morgan fingerprint density at radius 1 is 1.04 bits per heavy atom. The molecule has 0 aliphatic carbocycles. The van der Waals surface area contributed by atoms with Crippen LogP contribution >= 0.6 is 0 Å². The predicted molar refractivity (Wildman–Crippen MR) is 95.9 cm³/mol. The number of benzene rings is 2. The number of hydrogen-bond donors (Lipinski definition) is 0. The van der Waals surface area contributed by atoms with Gasteiger partial charge in [0.05, 0.1) is 6.61 Å². The van der Waals surface area contributed by atoms with Crippen molar-refractivity contribution in [3.63, 3.8) is 0 Å². The number of piperidine rings is 1. The molecule has 126 valence electrons. The molecule has 0 radical (unpaired) electrons. The van der Waals surface area contributed by atoms with Gasteiger partial charge in [-0.3, -0.25) is 9.69 Å². The first-order valence-corrected chi connectivity index (χ1v) is 8.70. The Labute approximate surface area is 144 Å². The summed E-state index contributed by atoms with van der Waals surface area (Å²) in [4.78, 5) is 14.0. The fourth-order valence-corrected chi connectivity index (χ4v) is 3.24. The van der Waals surface area contributed by atoms with Gasteiger partial charge in [0.25, 0.3) is 0 Å². The molecule has 1 heterocycles. The van der Waals surface area contributed by atoms with E-state index in [0.29, 0.717) is 18.8 Å². The maximum atomic E-state index is 11.6. The van der Waals surface area contributed by atoms with E-state index in [0.717, 1.165) is 19.6 Å². The molecule has 3 rings (SSSR count). The zero-order valence-electron chi connectivity index (χ0n) is 14.2. The minimum absolute atomic E-state index is 0.0451. The number of rotatable bonds is 6. The van der Waals surface area contributed by atoms with Crippen LogP contribution in [0.1, 0.15) is 30.6 Å². The minimum atomic E-state index is -0.0451. The third kappa shape index (κ3) is 4.31. The molecule has 1 aliphatic heterocycles. The average molecular weight is 323 g/mol. The van der Waals surface area contributed by atoms with E-state index in [1.165, 1.54) is 11.1 Å². The molecule has 2 aromatic rings. The lowest BCUT2D eigenvalue weighted by Gasteiger charge is -2.30. The lowest BCUT2D eigenvalue weighted by molar-refractivity contribution is -0.125. The van der Waals surface area contributed by atoms with Crippen LogP contribution < -0.4 is 0 Å². The maximum Gasteiger partial charge on any atom is 0.138 e. The quantitative estimate of drug-likeness (QED) is 0.812. The summed E-state index contributed by atoms with van der Waals surface area (Å²) in [6.45, 7) is 5.26. The maximum absolute atomic E-state index is 11.6. The molecule has 0 saturated carbocycles. The van der Waals surface area contributed by atoms with Gasteiger partial charge in [0.1, 0.15) is 11.9 Å². The largest absolute Gasteiger partial charge is 0.367 e. The molecule has 0 N–H and O–H groups in total. The monoisotopic (exact) mass is 323 g/mol. The van der Waals surface area contributed by atoms with Crippen LogP contribution in [-0.2, 0) is 9.53 Å². The highest BCUT2D eigenvalue weighted by Crippen LogP contribution is 2.25. The first-order valence-electron chi connectivity index (χ1n) is 8.70. The second-order valence-electron chi connectivity index (χ2n) is 6.49. The Balaban J connectivity index is 1.62. The zero-order valence-corrected chi connectivity index (χ0v) is 14.2. The van der Waals surface area contributed by atoms with Gasteiger partial charge in [0.15, 0.2) is 0 Å². The molecule has 0 amide bonds. The van der Waals surface area contributed by atoms with Gasteiger partial charge < -0.3 is 4.74 Å². The smallest absolute Gasteiger partial charge is 0.138 e. The van der Waals surface area contributed by atoms with Gasteiger partial charge in [-0.15, -0.1) is 0 Å². The molecular formula is C21H25NO2. The van der Waals surface area contributed by atoms with Crippen molar-refractivity contribution in [2.24, 2.45) is 5.92 Å². The summed E-state index contributed by atoms with van der Waals surface area (Å²) in [5.41, 5.74) is 2.34. The molecule has 0 bridgehead atoms. The normalized spacial score (nSPS) is 18.9. The van der Waals surface area contributed by atoms with Crippen LogP contribution in [0.5, 0.6) is 0 Å². The van der Waals surface area contributed by atoms with E-state index >= 15 is 0 Å². The molecule has 0 spiro atoms. The van der Waals surface area contributed by atoms with E-state index in [1.54, 1.807) is 0 Å². The Kier molecular flexibility index (Phi) is 5.78. The summed E-state index contributed by atoms with van der Waals surface area (Å²) in [5, 5.41) is 0. The lowest BCUT2D eigenvalue weighted by Crippen LogP contribution is -2.41. The highest BCUT2D eigenvalue weighted by atomic mass is 16.5. The molecule has 2 aromatic carbocycles. The minimum Gasteiger partial charge on any atom is -0.367 e. The first kappa shape index (κ1) is 16.9.